The van der Waals surface area contributed by atoms with Crippen molar-refractivity contribution in [2.45, 2.75) is 36.9 Å². The molecule has 0 saturated carbocycles. The van der Waals surface area contributed by atoms with Crippen LogP contribution in [0.5, 0.6) is 0 Å². The van der Waals surface area contributed by atoms with Crippen LogP contribution in [-0.2, 0) is 25.8 Å². The number of ether oxygens (including phenoxy) is 1. The molecule has 4 aromatic rings. The summed E-state index contributed by atoms with van der Waals surface area (Å²) in [5, 5.41) is 20.7. The number of fused-ring (bicyclic) bond motifs is 1. The third kappa shape index (κ3) is 7.47. The minimum Gasteiger partial charge on any atom is -0.569 e. The predicted molar refractivity (Wildman–Crippen MR) is 169 cm³/mol. The van der Waals surface area contributed by atoms with Gasteiger partial charge in [-0.15, -0.1) is 5.01 Å². The van der Waals surface area contributed by atoms with E-state index in [0.717, 1.165) is 38.4 Å². The Bertz CT molecular complexity index is 2090. The largest absolute Gasteiger partial charge is 0.569 e. The van der Waals surface area contributed by atoms with E-state index in [9.17, 15) is 41.2 Å². The van der Waals surface area contributed by atoms with Crippen LogP contribution in [0.15, 0.2) is 89.0 Å². The van der Waals surface area contributed by atoms with Crippen molar-refractivity contribution in [1.82, 2.24) is 24.4 Å². The second kappa shape index (κ2) is 13.7. The highest BCUT2D eigenvalue weighted by atomic mass is 32.2. The topological polar surface area (TPSA) is 179 Å². The summed E-state index contributed by atoms with van der Waals surface area (Å²) in [6.07, 6.45) is -6.35. The van der Waals surface area contributed by atoms with Crippen LogP contribution in [0.2, 0.25) is 0 Å². The van der Waals surface area contributed by atoms with E-state index in [1.54, 1.807) is 41.1 Å². The molecule has 0 radical (unpaired) electrons. The predicted octanol–water partition coefficient (Wildman–Crippen LogP) is 4.81. The van der Waals surface area contributed by atoms with Crippen LogP contribution in [0.25, 0.3) is 16.9 Å². The minimum absolute atomic E-state index is 0.0748. The second-order valence-electron chi connectivity index (χ2n) is 11.5. The van der Waals surface area contributed by atoms with Crippen molar-refractivity contribution < 1.29 is 50.5 Å². The lowest BCUT2D eigenvalue weighted by molar-refractivity contribution is -0.714. The lowest BCUT2D eigenvalue weighted by atomic mass is 10.1. The molecule has 6 rings (SSSR count). The van der Waals surface area contributed by atoms with Gasteiger partial charge in [-0.1, -0.05) is 42.0 Å². The molecule has 1 saturated heterocycles. The Morgan fingerprint density at radius 1 is 1.04 bits per heavy atom. The first-order valence-electron chi connectivity index (χ1n) is 15.3. The Labute approximate surface area is 288 Å². The van der Waals surface area contributed by atoms with Crippen molar-refractivity contribution in [3.05, 3.63) is 106 Å². The number of nitrogens with one attached hydrogen (secondary N) is 1. The SMILES string of the molecule is Cc1ccc(-c2cc(C(F)(F)F)nn2-c2ccc(S(=O)(=O)NC(=O)OC3CCCN(/[N+]([O-])=N\OCN4C(=O)c5ccccc5C4=O)C3)cc2)cc1. The molecule has 3 aromatic carbocycles. The zero-order valence-electron chi connectivity index (χ0n) is 26.6. The number of carbonyl (C=O) groups is 3. The molecule has 1 atom stereocenters. The molecule has 0 spiro atoms. The van der Waals surface area contributed by atoms with Crippen LogP contribution in [0.1, 0.15) is 44.8 Å². The maximum atomic E-state index is 13.6. The number of aryl methyl sites for hydroxylation is 1. The maximum absolute atomic E-state index is 13.6. The van der Waals surface area contributed by atoms with E-state index in [1.165, 1.54) is 24.3 Å². The van der Waals surface area contributed by atoms with Gasteiger partial charge in [0.1, 0.15) is 12.6 Å². The fraction of sp³-hybridized carbons (Fsp3) is 0.250. The van der Waals surface area contributed by atoms with E-state index in [0.29, 0.717) is 12.0 Å². The van der Waals surface area contributed by atoms with E-state index in [1.807, 2.05) is 6.92 Å². The van der Waals surface area contributed by atoms with Gasteiger partial charge in [0.25, 0.3) is 21.8 Å². The third-order valence-corrected chi connectivity index (χ3v) is 9.35. The van der Waals surface area contributed by atoms with Crippen LogP contribution >= 0.6 is 0 Å². The van der Waals surface area contributed by atoms with Crippen molar-refractivity contribution in [1.29, 1.82) is 0 Å². The highest BCUT2D eigenvalue weighted by molar-refractivity contribution is 7.90. The molecular weight excluding hydrogens is 699 g/mol. The van der Waals surface area contributed by atoms with Gasteiger partial charge in [0.05, 0.1) is 38.9 Å². The van der Waals surface area contributed by atoms with Crippen molar-refractivity contribution in [3.8, 4) is 16.9 Å². The lowest BCUT2D eigenvalue weighted by Crippen LogP contribution is -2.45. The van der Waals surface area contributed by atoms with Crippen molar-refractivity contribution in [2.24, 2.45) is 5.28 Å². The quantitative estimate of drug-likeness (QED) is 0.109. The fourth-order valence-electron chi connectivity index (χ4n) is 5.47. The number of aromatic nitrogens is 2. The molecule has 19 heteroatoms. The molecule has 0 aliphatic carbocycles. The summed E-state index contributed by atoms with van der Waals surface area (Å²) in [5.74, 6) is -1.20. The number of hydrazine groups is 1. The van der Waals surface area contributed by atoms with Gasteiger partial charge in [-0.25, -0.2) is 27.5 Å². The van der Waals surface area contributed by atoms with E-state index < -0.39 is 52.6 Å². The molecule has 0 bridgehead atoms. The normalized spacial score (nSPS) is 16.6. The number of halogens is 3. The zero-order valence-corrected chi connectivity index (χ0v) is 27.4. The number of benzene rings is 3. The van der Waals surface area contributed by atoms with Gasteiger partial charge in [-0.05, 0) is 62.2 Å². The van der Waals surface area contributed by atoms with E-state index >= 15 is 0 Å². The van der Waals surface area contributed by atoms with E-state index in [4.69, 9.17) is 9.57 Å². The average molecular weight is 728 g/mol. The summed E-state index contributed by atoms with van der Waals surface area (Å²) in [5.41, 5.74) is 0.864. The minimum atomic E-state index is -4.73. The first kappa shape index (κ1) is 34.9. The molecule has 3 heterocycles. The fourth-order valence-corrected chi connectivity index (χ4v) is 6.35. The highest BCUT2D eigenvalue weighted by Crippen LogP contribution is 2.33. The van der Waals surface area contributed by atoms with Crippen LogP contribution in [-0.4, -0.2) is 76.9 Å². The molecule has 51 heavy (non-hydrogen) atoms. The van der Waals surface area contributed by atoms with Gasteiger partial charge in [-0.2, -0.15) is 18.3 Å². The summed E-state index contributed by atoms with van der Waals surface area (Å²) >= 11 is 0. The first-order chi connectivity index (χ1) is 24.2. The Kier molecular flexibility index (Phi) is 9.39. The van der Waals surface area contributed by atoms with E-state index in [-0.39, 0.29) is 51.9 Å². The molecule has 1 fully saturated rings. The number of rotatable bonds is 9. The number of carbonyl (C=O) groups excluding carboxylic acids is 3. The number of piperidine rings is 1. The second-order valence-corrected chi connectivity index (χ2v) is 13.2. The molecule has 15 nitrogen and oxygen atoms in total. The molecule has 3 amide bonds. The number of hydrogen-bond donors (Lipinski definition) is 1. The maximum Gasteiger partial charge on any atom is 0.435 e. The standard InChI is InChI=1S/C32H28F3N7O8S/c1-20-8-10-21(11-9-20)27-17-28(32(33,34)35)36-41(27)22-12-14-24(15-13-22)51(47,48)37-31(45)50-23-5-4-16-39(18-23)42(46)38-49-19-40-29(43)25-6-2-3-7-26(25)30(40)44/h2-3,6-15,17,23H,4-5,16,18-19H2,1H3,(H,37,45)/b42-38+. The number of hydrogen-bond acceptors (Lipinski definition) is 10. The Balaban J connectivity index is 1.06. The van der Waals surface area contributed by atoms with Gasteiger partial charge >= 0.3 is 12.3 Å². The summed E-state index contributed by atoms with van der Waals surface area (Å²) in [6.45, 7) is 1.21. The number of amides is 3. The Morgan fingerprint density at radius 2 is 1.69 bits per heavy atom. The van der Waals surface area contributed by atoms with Gasteiger partial charge in [0, 0.05) is 5.56 Å². The molecule has 2 aliphatic rings. The van der Waals surface area contributed by atoms with Crippen LogP contribution in [0.4, 0.5) is 18.0 Å². The monoisotopic (exact) mass is 727 g/mol. The summed E-state index contributed by atoms with van der Waals surface area (Å²) in [6, 6.07) is 18.5. The van der Waals surface area contributed by atoms with Gasteiger partial charge < -0.3 is 14.8 Å². The van der Waals surface area contributed by atoms with Gasteiger partial charge in [0.2, 0.25) is 12.0 Å². The van der Waals surface area contributed by atoms with Crippen LogP contribution < -0.4 is 4.72 Å². The zero-order chi connectivity index (χ0) is 36.5. The highest BCUT2D eigenvalue weighted by Gasteiger charge is 2.37. The Hall–Kier alpha value is -5.98. The van der Waals surface area contributed by atoms with Crippen LogP contribution in [0.3, 0.4) is 0 Å². The van der Waals surface area contributed by atoms with Crippen molar-refractivity contribution in [2.75, 3.05) is 19.8 Å². The smallest absolute Gasteiger partial charge is 0.435 e. The molecule has 1 aromatic heterocycles. The molecular formula is C32H28F3N7O8S. The first-order valence-corrected chi connectivity index (χ1v) is 16.8. The molecule has 1 unspecified atom stereocenters. The number of nitrogens with zero attached hydrogens (tertiary/aromatic N) is 6. The lowest BCUT2D eigenvalue weighted by Gasteiger charge is -2.28. The van der Waals surface area contributed by atoms with E-state index in [2.05, 4.69) is 10.4 Å². The van der Waals surface area contributed by atoms with Crippen LogP contribution in [0, 0.1) is 12.1 Å². The van der Waals surface area contributed by atoms with Crippen molar-refractivity contribution >= 4 is 27.9 Å². The average Bonchev–Trinajstić information content (AvgIpc) is 3.65. The summed E-state index contributed by atoms with van der Waals surface area (Å²) in [4.78, 5) is 42.9. The number of imide groups is 1. The molecule has 2 aliphatic heterocycles. The number of sulfonamides is 1. The molecule has 1 N–H and O–H groups in total. The van der Waals surface area contributed by atoms with Gasteiger partial charge in [-0.3, -0.25) is 9.59 Å². The summed E-state index contributed by atoms with van der Waals surface area (Å²) < 4.78 is 74.7. The Morgan fingerprint density at radius 3 is 2.31 bits per heavy atom. The third-order valence-electron chi connectivity index (χ3n) is 8.02. The molecule has 266 valence electrons. The summed E-state index contributed by atoms with van der Waals surface area (Å²) in [7, 11) is -4.49. The van der Waals surface area contributed by atoms with Gasteiger partial charge in [0.15, 0.2) is 5.69 Å². The number of alkyl halides is 3. The van der Waals surface area contributed by atoms with Crippen molar-refractivity contribution in [3.63, 3.8) is 0 Å².